The third kappa shape index (κ3) is 1.90. The summed E-state index contributed by atoms with van der Waals surface area (Å²) in [5.74, 6) is -0.0440. The van der Waals surface area contributed by atoms with Crippen molar-refractivity contribution in [1.82, 2.24) is 0 Å². The monoisotopic (exact) mass is 155 g/mol. The molecule has 1 nitrogen and oxygen atoms in total. The summed E-state index contributed by atoms with van der Waals surface area (Å²) in [4.78, 5) is 0. The number of hydrogen-bond donors (Lipinski definition) is 1. The summed E-state index contributed by atoms with van der Waals surface area (Å²) in [6.07, 6.45) is 7.81. The van der Waals surface area contributed by atoms with Gasteiger partial charge in [0.2, 0.25) is 0 Å². The maximum absolute atomic E-state index is 13.5. The average Bonchev–Trinajstić information content (AvgIpc) is 1.94. The predicted molar refractivity (Wildman–Crippen MR) is 45.0 cm³/mol. The number of halogens is 1. The Kier molecular flexibility index (Phi) is 2.45. The normalized spacial score (nSPS) is 36.1. The summed E-state index contributed by atoms with van der Waals surface area (Å²) in [5.41, 5.74) is 4.16. The Morgan fingerprint density at radius 2 is 2.27 bits per heavy atom. The van der Waals surface area contributed by atoms with Crippen molar-refractivity contribution >= 4 is 0 Å². The van der Waals surface area contributed by atoms with Gasteiger partial charge in [-0.15, -0.1) is 0 Å². The first kappa shape index (κ1) is 8.47. The molecule has 62 valence electrons. The fraction of sp³-hybridized carbons (Fsp3) is 0.556. The SMILES string of the molecule is CC1(F)C=CC=CC1CCN. The van der Waals surface area contributed by atoms with Crippen LogP contribution >= 0.6 is 0 Å². The molecule has 2 unspecified atom stereocenters. The Morgan fingerprint density at radius 1 is 1.55 bits per heavy atom. The Balaban J connectivity index is 2.64. The lowest BCUT2D eigenvalue weighted by Crippen LogP contribution is -2.29. The molecule has 0 aromatic carbocycles. The van der Waals surface area contributed by atoms with Crippen LogP contribution in [0.2, 0.25) is 0 Å². The van der Waals surface area contributed by atoms with Crippen LogP contribution in [-0.2, 0) is 0 Å². The summed E-state index contributed by atoms with van der Waals surface area (Å²) < 4.78 is 13.5. The van der Waals surface area contributed by atoms with Gasteiger partial charge < -0.3 is 5.73 Å². The first-order valence-corrected chi connectivity index (χ1v) is 3.92. The van der Waals surface area contributed by atoms with Gasteiger partial charge in [-0.1, -0.05) is 18.2 Å². The van der Waals surface area contributed by atoms with Crippen LogP contribution in [-0.4, -0.2) is 12.2 Å². The van der Waals surface area contributed by atoms with E-state index < -0.39 is 5.67 Å². The largest absolute Gasteiger partial charge is 0.330 e. The van der Waals surface area contributed by atoms with Gasteiger partial charge in [0.15, 0.2) is 0 Å². The van der Waals surface area contributed by atoms with Gasteiger partial charge in [-0.3, -0.25) is 0 Å². The highest BCUT2D eigenvalue weighted by Crippen LogP contribution is 2.29. The Labute approximate surface area is 66.8 Å². The van der Waals surface area contributed by atoms with E-state index in [9.17, 15) is 4.39 Å². The van der Waals surface area contributed by atoms with Crippen molar-refractivity contribution in [2.75, 3.05) is 6.54 Å². The summed E-state index contributed by atoms with van der Waals surface area (Å²) in [6, 6.07) is 0. The molecular formula is C9H14FN. The third-order valence-electron chi connectivity index (χ3n) is 2.08. The Morgan fingerprint density at radius 3 is 2.82 bits per heavy atom. The first-order chi connectivity index (χ1) is 5.17. The van der Waals surface area contributed by atoms with E-state index in [0.29, 0.717) is 13.0 Å². The van der Waals surface area contributed by atoms with E-state index in [4.69, 9.17) is 5.73 Å². The number of nitrogens with two attached hydrogens (primary N) is 1. The second kappa shape index (κ2) is 3.18. The van der Waals surface area contributed by atoms with E-state index in [0.717, 1.165) is 0 Å². The quantitative estimate of drug-likeness (QED) is 0.646. The second-order valence-corrected chi connectivity index (χ2v) is 3.08. The lowest BCUT2D eigenvalue weighted by Gasteiger charge is -2.26. The molecule has 0 saturated heterocycles. The molecule has 2 N–H and O–H groups in total. The van der Waals surface area contributed by atoms with E-state index in [-0.39, 0.29) is 5.92 Å². The minimum absolute atomic E-state index is 0.0440. The molecule has 0 aromatic rings. The molecule has 0 spiro atoms. The maximum Gasteiger partial charge on any atom is 0.132 e. The summed E-state index contributed by atoms with van der Waals surface area (Å²) in [6.45, 7) is 2.13. The van der Waals surface area contributed by atoms with Gasteiger partial charge in [0.25, 0.3) is 0 Å². The molecule has 0 saturated carbocycles. The van der Waals surface area contributed by atoms with E-state index in [1.165, 1.54) is 0 Å². The maximum atomic E-state index is 13.5. The van der Waals surface area contributed by atoms with Crippen molar-refractivity contribution in [3.63, 3.8) is 0 Å². The van der Waals surface area contributed by atoms with Crippen LogP contribution in [0.15, 0.2) is 24.3 Å². The number of hydrogen-bond acceptors (Lipinski definition) is 1. The van der Waals surface area contributed by atoms with E-state index >= 15 is 0 Å². The zero-order valence-electron chi connectivity index (χ0n) is 6.76. The minimum atomic E-state index is -1.20. The fourth-order valence-corrected chi connectivity index (χ4v) is 1.31. The smallest absolute Gasteiger partial charge is 0.132 e. The summed E-state index contributed by atoms with van der Waals surface area (Å²) in [7, 11) is 0. The molecule has 0 amide bonds. The van der Waals surface area contributed by atoms with Crippen molar-refractivity contribution in [1.29, 1.82) is 0 Å². The molecule has 0 aliphatic heterocycles. The molecule has 1 rings (SSSR count). The van der Waals surface area contributed by atoms with Crippen LogP contribution in [0, 0.1) is 5.92 Å². The molecule has 0 heterocycles. The van der Waals surface area contributed by atoms with E-state index in [1.54, 1.807) is 19.1 Å². The van der Waals surface area contributed by atoms with Crippen molar-refractivity contribution in [2.24, 2.45) is 11.7 Å². The number of alkyl halides is 1. The second-order valence-electron chi connectivity index (χ2n) is 3.08. The standard InChI is InChI=1S/C9H14FN/c1-9(10)6-3-2-4-8(9)5-7-11/h2-4,6,8H,5,7,11H2,1H3. The Hall–Kier alpha value is -0.630. The van der Waals surface area contributed by atoms with Gasteiger partial charge >= 0.3 is 0 Å². The van der Waals surface area contributed by atoms with Crippen LogP contribution in [0.1, 0.15) is 13.3 Å². The highest BCUT2D eigenvalue weighted by atomic mass is 19.1. The molecule has 2 atom stereocenters. The van der Waals surface area contributed by atoms with Crippen LogP contribution < -0.4 is 5.73 Å². The Bertz CT molecular complexity index is 182. The fourth-order valence-electron chi connectivity index (χ4n) is 1.31. The predicted octanol–water partition coefficient (Wildman–Crippen LogP) is 1.81. The zero-order valence-corrected chi connectivity index (χ0v) is 6.76. The van der Waals surface area contributed by atoms with Crippen molar-refractivity contribution in [3.8, 4) is 0 Å². The van der Waals surface area contributed by atoms with Crippen molar-refractivity contribution < 1.29 is 4.39 Å². The molecule has 0 radical (unpaired) electrons. The average molecular weight is 155 g/mol. The molecule has 0 aromatic heterocycles. The van der Waals surface area contributed by atoms with Crippen LogP contribution in [0.25, 0.3) is 0 Å². The zero-order chi connectivity index (χ0) is 8.32. The lowest BCUT2D eigenvalue weighted by molar-refractivity contribution is 0.182. The highest BCUT2D eigenvalue weighted by molar-refractivity contribution is 5.20. The van der Waals surface area contributed by atoms with Crippen molar-refractivity contribution in [2.45, 2.75) is 19.0 Å². The molecule has 0 bridgehead atoms. The minimum Gasteiger partial charge on any atom is -0.330 e. The number of allylic oxidation sites excluding steroid dienone is 4. The topological polar surface area (TPSA) is 26.0 Å². The van der Waals surface area contributed by atoms with E-state index in [1.807, 2.05) is 12.2 Å². The van der Waals surface area contributed by atoms with Crippen molar-refractivity contribution in [3.05, 3.63) is 24.3 Å². The van der Waals surface area contributed by atoms with Gasteiger partial charge in [0.05, 0.1) is 0 Å². The molecule has 1 aliphatic rings. The molecule has 0 fully saturated rings. The van der Waals surface area contributed by atoms with Gasteiger partial charge in [-0.2, -0.15) is 0 Å². The highest BCUT2D eigenvalue weighted by Gasteiger charge is 2.29. The summed E-state index contributed by atoms with van der Waals surface area (Å²) >= 11 is 0. The third-order valence-corrected chi connectivity index (χ3v) is 2.08. The van der Waals surface area contributed by atoms with Gasteiger partial charge in [0, 0.05) is 5.92 Å². The molecule has 1 aliphatic carbocycles. The lowest BCUT2D eigenvalue weighted by atomic mass is 9.85. The number of rotatable bonds is 2. The molecule has 2 heteroatoms. The first-order valence-electron chi connectivity index (χ1n) is 3.92. The van der Waals surface area contributed by atoms with E-state index in [2.05, 4.69) is 0 Å². The van der Waals surface area contributed by atoms with Crippen LogP contribution in [0.5, 0.6) is 0 Å². The van der Waals surface area contributed by atoms with Gasteiger partial charge in [-0.05, 0) is 26.0 Å². The molecular weight excluding hydrogens is 141 g/mol. The van der Waals surface area contributed by atoms with Crippen LogP contribution in [0.3, 0.4) is 0 Å². The van der Waals surface area contributed by atoms with Gasteiger partial charge in [-0.25, -0.2) is 4.39 Å². The van der Waals surface area contributed by atoms with Gasteiger partial charge in [0.1, 0.15) is 5.67 Å². The van der Waals surface area contributed by atoms with Crippen LogP contribution in [0.4, 0.5) is 4.39 Å². The summed E-state index contributed by atoms with van der Waals surface area (Å²) in [5, 5.41) is 0. The molecule has 11 heavy (non-hydrogen) atoms.